The summed E-state index contributed by atoms with van der Waals surface area (Å²) in [4.78, 5) is 7.02. The van der Waals surface area contributed by atoms with Crippen LogP contribution in [-0.4, -0.2) is 26.7 Å². The lowest BCUT2D eigenvalue weighted by molar-refractivity contribution is 0.310. The molecular formula is C32H30N4OS. The molecule has 5 aromatic rings. The van der Waals surface area contributed by atoms with Gasteiger partial charge in [-0.15, -0.1) is 0 Å². The van der Waals surface area contributed by atoms with E-state index < -0.39 is 0 Å². The van der Waals surface area contributed by atoms with E-state index in [4.69, 9.17) is 21.9 Å². The highest BCUT2D eigenvalue weighted by molar-refractivity contribution is 7.80. The lowest BCUT2D eigenvalue weighted by Crippen LogP contribution is -2.29. The summed E-state index contributed by atoms with van der Waals surface area (Å²) in [5, 5.41) is 6.80. The smallest absolute Gasteiger partial charge is 0.170 e. The number of fused-ring (bicyclic) bond motifs is 1. The van der Waals surface area contributed by atoms with Gasteiger partial charge in [-0.05, 0) is 79.0 Å². The molecule has 3 heterocycles. The molecule has 0 saturated carbocycles. The van der Waals surface area contributed by atoms with Crippen molar-refractivity contribution in [3.63, 3.8) is 0 Å². The zero-order valence-corrected chi connectivity index (χ0v) is 22.6. The summed E-state index contributed by atoms with van der Waals surface area (Å²) < 4.78 is 7.74. The molecule has 2 atom stereocenters. The molecule has 0 unspecified atom stereocenters. The van der Waals surface area contributed by atoms with Crippen molar-refractivity contribution in [2.75, 3.05) is 7.11 Å². The molecule has 1 saturated heterocycles. The normalized spacial score (nSPS) is 17.1. The number of pyridine rings is 1. The SMILES string of the molecule is COc1ccc(CN2C(=S)N[C@@H](c3ccccn3)[C@H]2c2cc(C)n(-c3cccc4ccccc34)c2C)cc1. The van der Waals surface area contributed by atoms with Crippen LogP contribution in [0.1, 0.15) is 40.3 Å². The number of hydrogen-bond donors (Lipinski definition) is 1. The Morgan fingerprint density at radius 1 is 0.921 bits per heavy atom. The predicted octanol–water partition coefficient (Wildman–Crippen LogP) is 6.82. The lowest BCUT2D eigenvalue weighted by atomic mass is 9.96. The van der Waals surface area contributed by atoms with Crippen molar-refractivity contribution in [2.24, 2.45) is 0 Å². The number of hydrogen-bond acceptors (Lipinski definition) is 3. The Bertz CT molecular complexity index is 1610. The fourth-order valence-electron chi connectivity index (χ4n) is 5.70. The van der Waals surface area contributed by atoms with Gasteiger partial charge >= 0.3 is 0 Å². The summed E-state index contributed by atoms with van der Waals surface area (Å²) >= 11 is 5.94. The van der Waals surface area contributed by atoms with Crippen LogP contribution in [-0.2, 0) is 6.54 Å². The maximum absolute atomic E-state index is 5.94. The number of aryl methyl sites for hydroxylation is 1. The Kier molecular flexibility index (Phi) is 6.34. The molecule has 0 spiro atoms. The molecule has 5 nitrogen and oxygen atoms in total. The minimum absolute atomic E-state index is 0.0190. The summed E-state index contributed by atoms with van der Waals surface area (Å²) in [6.07, 6.45) is 1.85. The molecule has 2 aromatic heterocycles. The number of benzene rings is 3. The van der Waals surface area contributed by atoms with Gasteiger partial charge in [0.1, 0.15) is 5.75 Å². The molecule has 38 heavy (non-hydrogen) atoms. The van der Waals surface area contributed by atoms with E-state index in [-0.39, 0.29) is 12.1 Å². The summed E-state index contributed by atoms with van der Waals surface area (Å²) in [6, 6.07) is 31.6. The number of ether oxygens (including phenoxy) is 1. The van der Waals surface area contributed by atoms with E-state index in [9.17, 15) is 0 Å². The van der Waals surface area contributed by atoms with E-state index in [1.807, 2.05) is 30.5 Å². The molecule has 3 aromatic carbocycles. The van der Waals surface area contributed by atoms with Crippen molar-refractivity contribution in [1.29, 1.82) is 0 Å². The minimum atomic E-state index is -0.0663. The zero-order valence-electron chi connectivity index (χ0n) is 21.8. The molecule has 6 rings (SSSR count). The third-order valence-corrected chi connectivity index (χ3v) is 7.86. The summed E-state index contributed by atoms with van der Waals surface area (Å²) in [6.45, 7) is 5.08. The van der Waals surface area contributed by atoms with Gasteiger partial charge in [-0.25, -0.2) is 0 Å². The molecule has 1 N–H and O–H groups in total. The van der Waals surface area contributed by atoms with E-state index >= 15 is 0 Å². The summed E-state index contributed by atoms with van der Waals surface area (Å²) in [5.74, 6) is 0.845. The molecule has 0 aliphatic carbocycles. The van der Waals surface area contributed by atoms with Gasteiger partial charge in [-0.3, -0.25) is 4.98 Å². The third kappa shape index (κ3) is 4.21. The Morgan fingerprint density at radius 3 is 2.45 bits per heavy atom. The fourth-order valence-corrected chi connectivity index (χ4v) is 6.01. The molecule has 6 heteroatoms. The quantitative estimate of drug-likeness (QED) is 0.250. The Labute approximate surface area is 228 Å². The maximum Gasteiger partial charge on any atom is 0.170 e. The first-order valence-electron chi connectivity index (χ1n) is 12.8. The first kappa shape index (κ1) is 24.2. The second-order valence-electron chi connectivity index (χ2n) is 9.76. The van der Waals surface area contributed by atoms with E-state index in [1.54, 1.807) is 7.11 Å². The topological polar surface area (TPSA) is 42.3 Å². The van der Waals surface area contributed by atoms with E-state index in [2.05, 4.69) is 95.4 Å². The van der Waals surface area contributed by atoms with Gasteiger partial charge in [0.25, 0.3) is 0 Å². The standard InChI is InChI=1S/C32H30N4OS/c1-21-19-27(22(2)36(21)29-13-8-10-24-9-4-5-11-26(24)29)31-30(28-12-6-7-18-33-28)34-32(38)35(31)20-23-14-16-25(37-3)17-15-23/h4-19,30-31H,20H2,1-3H3,(H,34,38)/t30-,31+/m0/s1. The molecule has 0 radical (unpaired) electrons. The molecule has 0 amide bonds. The van der Waals surface area contributed by atoms with Crippen LogP contribution in [0.5, 0.6) is 5.75 Å². The zero-order chi connectivity index (χ0) is 26.2. The average Bonchev–Trinajstić information content (AvgIpc) is 3.43. The van der Waals surface area contributed by atoms with E-state index in [0.717, 1.165) is 16.6 Å². The second-order valence-corrected chi connectivity index (χ2v) is 10.1. The summed E-state index contributed by atoms with van der Waals surface area (Å²) in [7, 11) is 1.69. The second kappa shape index (κ2) is 9.95. The molecular weight excluding hydrogens is 488 g/mol. The third-order valence-electron chi connectivity index (χ3n) is 7.51. The highest BCUT2D eigenvalue weighted by atomic mass is 32.1. The Hall–Kier alpha value is -4.16. The van der Waals surface area contributed by atoms with Gasteiger partial charge < -0.3 is 19.5 Å². The van der Waals surface area contributed by atoms with Crippen molar-refractivity contribution in [3.05, 3.63) is 125 Å². The average molecular weight is 519 g/mol. The number of nitrogens with zero attached hydrogens (tertiary/aromatic N) is 3. The van der Waals surface area contributed by atoms with Crippen LogP contribution in [0.4, 0.5) is 0 Å². The largest absolute Gasteiger partial charge is 0.497 e. The highest BCUT2D eigenvalue weighted by Crippen LogP contribution is 2.42. The van der Waals surface area contributed by atoms with Gasteiger partial charge in [0.2, 0.25) is 0 Å². The first-order valence-corrected chi connectivity index (χ1v) is 13.2. The monoisotopic (exact) mass is 518 g/mol. The van der Waals surface area contributed by atoms with Gasteiger partial charge in [-0.2, -0.15) is 0 Å². The highest BCUT2D eigenvalue weighted by Gasteiger charge is 2.41. The van der Waals surface area contributed by atoms with E-state index in [1.165, 1.54) is 39.0 Å². The van der Waals surface area contributed by atoms with E-state index in [0.29, 0.717) is 6.54 Å². The van der Waals surface area contributed by atoms with Gasteiger partial charge in [0, 0.05) is 29.5 Å². The van der Waals surface area contributed by atoms with Crippen LogP contribution in [0.2, 0.25) is 0 Å². The molecule has 1 fully saturated rings. The van der Waals surface area contributed by atoms with Crippen molar-refractivity contribution in [2.45, 2.75) is 32.5 Å². The van der Waals surface area contributed by atoms with Crippen LogP contribution in [0, 0.1) is 13.8 Å². The number of nitrogens with one attached hydrogen (secondary N) is 1. The molecule has 190 valence electrons. The number of aromatic nitrogens is 2. The fraction of sp³-hybridized carbons (Fsp3) is 0.188. The summed E-state index contributed by atoms with van der Waals surface area (Å²) in [5.41, 5.74) is 6.98. The molecule has 1 aliphatic rings. The maximum atomic E-state index is 5.94. The number of thiocarbonyl (C=S) groups is 1. The lowest BCUT2D eigenvalue weighted by Gasteiger charge is -2.28. The Balaban J connectivity index is 1.47. The van der Waals surface area contributed by atoms with Crippen LogP contribution in [0.25, 0.3) is 16.5 Å². The molecule has 1 aliphatic heterocycles. The predicted molar refractivity (Wildman–Crippen MR) is 157 cm³/mol. The van der Waals surface area contributed by atoms with Crippen LogP contribution in [0.15, 0.2) is 97.2 Å². The van der Waals surface area contributed by atoms with Gasteiger partial charge in [0.05, 0.1) is 30.6 Å². The Morgan fingerprint density at radius 2 is 1.68 bits per heavy atom. The molecule has 0 bridgehead atoms. The van der Waals surface area contributed by atoms with Crippen LogP contribution >= 0.6 is 12.2 Å². The van der Waals surface area contributed by atoms with Crippen molar-refractivity contribution in [1.82, 2.24) is 19.8 Å². The van der Waals surface area contributed by atoms with Gasteiger partial charge in [0.15, 0.2) is 5.11 Å². The number of rotatable bonds is 6. The van der Waals surface area contributed by atoms with Crippen molar-refractivity contribution >= 4 is 28.1 Å². The van der Waals surface area contributed by atoms with Crippen molar-refractivity contribution in [3.8, 4) is 11.4 Å². The first-order chi connectivity index (χ1) is 18.5. The van der Waals surface area contributed by atoms with Crippen molar-refractivity contribution < 1.29 is 4.74 Å². The van der Waals surface area contributed by atoms with Crippen LogP contribution in [0.3, 0.4) is 0 Å². The minimum Gasteiger partial charge on any atom is -0.497 e. The van der Waals surface area contributed by atoms with Crippen LogP contribution < -0.4 is 10.1 Å². The number of methoxy groups -OCH3 is 1. The van der Waals surface area contributed by atoms with Gasteiger partial charge in [-0.1, -0.05) is 54.6 Å².